The summed E-state index contributed by atoms with van der Waals surface area (Å²) in [4.78, 5) is 0. The Labute approximate surface area is 161 Å². The number of aromatic nitrogens is 1. The van der Waals surface area contributed by atoms with Gasteiger partial charge in [0.15, 0.2) is 18.9 Å². The summed E-state index contributed by atoms with van der Waals surface area (Å²) < 4.78 is 2.26. The maximum Gasteiger partial charge on any atom is 0.173 e. The topological polar surface area (TPSA) is 3.88 Å². The molecule has 0 saturated carbocycles. The van der Waals surface area contributed by atoms with Gasteiger partial charge in [-0.05, 0) is 31.4 Å². The van der Waals surface area contributed by atoms with Crippen molar-refractivity contribution in [1.82, 2.24) is 0 Å². The second-order valence-electron chi connectivity index (χ2n) is 7.80. The van der Waals surface area contributed by atoms with Crippen LogP contribution in [0.5, 0.6) is 0 Å². The number of hydrogen-bond donors (Lipinski definition) is 0. The molecule has 142 valence electrons. The Morgan fingerprint density at radius 1 is 0.692 bits per heavy atom. The van der Waals surface area contributed by atoms with E-state index >= 15 is 0 Å². The summed E-state index contributed by atoms with van der Waals surface area (Å²) in [6, 6.07) is 13.5. The summed E-state index contributed by atoms with van der Waals surface area (Å²) in [7, 11) is 0. The van der Waals surface area contributed by atoms with E-state index in [1.165, 1.54) is 87.3 Å². The first-order valence-electron chi connectivity index (χ1n) is 10.8. The Bertz CT molecular complexity index is 600. The molecule has 0 atom stereocenters. The summed E-state index contributed by atoms with van der Waals surface area (Å²) >= 11 is 0. The number of benzene rings is 1. The third-order valence-electron chi connectivity index (χ3n) is 5.21. The van der Waals surface area contributed by atoms with E-state index in [-0.39, 0.29) is 0 Å². The van der Waals surface area contributed by atoms with E-state index in [9.17, 15) is 0 Å². The van der Waals surface area contributed by atoms with Gasteiger partial charge < -0.3 is 0 Å². The fourth-order valence-corrected chi connectivity index (χ4v) is 3.59. The van der Waals surface area contributed by atoms with Crippen LogP contribution in [0.4, 0.5) is 0 Å². The fourth-order valence-electron chi connectivity index (χ4n) is 3.59. The molecule has 1 heteroatoms. The van der Waals surface area contributed by atoms with Gasteiger partial charge in [0.05, 0.1) is 0 Å². The summed E-state index contributed by atoms with van der Waals surface area (Å²) in [5.41, 5.74) is 4.18. The van der Waals surface area contributed by atoms with Gasteiger partial charge in [-0.3, -0.25) is 0 Å². The minimum absolute atomic E-state index is 0.959. The number of nitrogens with zero attached hydrogens (tertiary/aromatic N) is 1. The molecule has 0 aliphatic heterocycles. The maximum atomic E-state index is 2.32. The van der Waals surface area contributed by atoms with Gasteiger partial charge in [-0.1, -0.05) is 89.0 Å². The first kappa shape index (κ1) is 20.7. The molecular formula is C25H38N+. The number of aryl methyl sites for hydroxylation is 2. The lowest BCUT2D eigenvalue weighted by molar-refractivity contribution is -0.688. The van der Waals surface area contributed by atoms with Gasteiger partial charge in [0.1, 0.15) is 0 Å². The molecule has 0 aliphatic rings. The van der Waals surface area contributed by atoms with E-state index < -0.39 is 0 Å². The number of pyridine rings is 1. The van der Waals surface area contributed by atoms with E-state index in [2.05, 4.69) is 67.2 Å². The molecule has 0 aliphatic carbocycles. The van der Waals surface area contributed by atoms with Crippen LogP contribution in [-0.4, -0.2) is 0 Å². The Hall–Kier alpha value is -1.63. The molecule has 26 heavy (non-hydrogen) atoms. The Morgan fingerprint density at radius 3 is 1.88 bits per heavy atom. The monoisotopic (exact) mass is 352 g/mol. The smallest absolute Gasteiger partial charge is 0.173 e. The molecule has 0 unspecified atom stereocenters. The molecule has 1 heterocycles. The quantitative estimate of drug-likeness (QED) is 0.276. The van der Waals surface area contributed by atoms with Crippen molar-refractivity contribution in [2.45, 2.75) is 91.0 Å². The highest BCUT2D eigenvalue weighted by Crippen LogP contribution is 2.13. The van der Waals surface area contributed by atoms with E-state index in [1.54, 1.807) is 0 Å². The standard InChI is InChI=1S/C25H38N/c1-3-4-5-6-7-8-9-10-11-12-15-24-16-18-25(19-17-24)22-26-20-13-14-23(2)21-26/h13-14,16-21H,3-12,15,22H2,1-2H3/q+1. The molecule has 0 amide bonds. The highest BCUT2D eigenvalue weighted by molar-refractivity contribution is 5.22. The number of unbranched alkanes of at least 4 members (excludes halogenated alkanes) is 9. The van der Waals surface area contributed by atoms with E-state index in [1.807, 2.05) is 0 Å². The van der Waals surface area contributed by atoms with Crippen LogP contribution in [0.25, 0.3) is 0 Å². The minimum atomic E-state index is 0.959. The van der Waals surface area contributed by atoms with Crippen molar-refractivity contribution in [2.75, 3.05) is 0 Å². The molecule has 0 N–H and O–H groups in total. The first-order chi connectivity index (χ1) is 12.8. The van der Waals surface area contributed by atoms with Crippen molar-refractivity contribution < 1.29 is 4.57 Å². The number of hydrogen-bond acceptors (Lipinski definition) is 0. The lowest BCUT2D eigenvalue weighted by Gasteiger charge is -2.04. The third kappa shape index (κ3) is 8.65. The van der Waals surface area contributed by atoms with Gasteiger partial charge in [0.25, 0.3) is 0 Å². The molecule has 0 spiro atoms. The van der Waals surface area contributed by atoms with Crippen molar-refractivity contribution in [2.24, 2.45) is 0 Å². The van der Waals surface area contributed by atoms with Crippen LogP contribution in [0.2, 0.25) is 0 Å². The maximum absolute atomic E-state index is 2.32. The van der Waals surface area contributed by atoms with Crippen molar-refractivity contribution in [3.8, 4) is 0 Å². The van der Waals surface area contributed by atoms with Crippen LogP contribution in [0.15, 0.2) is 48.8 Å². The van der Waals surface area contributed by atoms with Gasteiger partial charge in [-0.2, -0.15) is 0 Å². The zero-order chi connectivity index (χ0) is 18.5. The average molecular weight is 353 g/mol. The van der Waals surface area contributed by atoms with E-state index in [4.69, 9.17) is 0 Å². The second-order valence-corrected chi connectivity index (χ2v) is 7.80. The van der Waals surface area contributed by atoms with Crippen LogP contribution in [-0.2, 0) is 13.0 Å². The molecule has 0 bridgehead atoms. The summed E-state index contributed by atoms with van der Waals surface area (Å²) in [6.07, 6.45) is 19.7. The molecule has 0 radical (unpaired) electrons. The predicted molar refractivity (Wildman–Crippen MR) is 112 cm³/mol. The lowest BCUT2D eigenvalue weighted by atomic mass is 10.0. The highest BCUT2D eigenvalue weighted by atomic mass is 14.9. The highest BCUT2D eigenvalue weighted by Gasteiger charge is 2.03. The van der Waals surface area contributed by atoms with Crippen LogP contribution in [0, 0.1) is 6.92 Å². The van der Waals surface area contributed by atoms with Gasteiger partial charge in [-0.15, -0.1) is 0 Å². The molecule has 1 nitrogen and oxygen atoms in total. The van der Waals surface area contributed by atoms with Crippen LogP contribution in [0.3, 0.4) is 0 Å². The van der Waals surface area contributed by atoms with Crippen LogP contribution in [0.1, 0.15) is 87.8 Å². The Morgan fingerprint density at radius 2 is 1.27 bits per heavy atom. The van der Waals surface area contributed by atoms with Crippen molar-refractivity contribution in [3.63, 3.8) is 0 Å². The Balaban J connectivity index is 1.56. The largest absolute Gasteiger partial charge is 0.201 e. The molecule has 2 aromatic rings. The zero-order valence-corrected chi connectivity index (χ0v) is 17.1. The molecular weight excluding hydrogens is 314 g/mol. The molecule has 2 rings (SSSR count). The van der Waals surface area contributed by atoms with Gasteiger partial charge in [-0.25, -0.2) is 4.57 Å². The van der Waals surface area contributed by atoms with Gasteiger partial charge >= 0.3 is 0 Å². The van der Waals surface area contributed by atoms with Crippen LogP contribution < -0.4 is 4.57 Å². The van der Waals surface area contributed by atoms with Crippen molar-refractivity contribution >= 4 is 0 Å². The van der Waals surface area contributed by atoms with Crippen molar-refractivity contribution in [3.05, 3.63) is 65.5 Å². The lowest BCUT2D eigenvalue weighted by Crippen LogP contribution is -2.33. The van der Waals surface area contributed by atoms with E-state index in [0.717, 1.165) is 6.54 Å². The normalized spacial score (nSPS) is 11.0. The zero-order valence-electron chi connectivity index (χ0n) is 17.1. The summed E-state index contributed by atoms with van der Waals surface area (Å²) in [5.74, 6) is 0. The third-order valence-corrected chi connectivity index (χ3v) is 5.21. The predicted octanol–water partition coefficient (Wildman–Crippen LogP) is 6.79. The summed E-state index contributed by atoms with van der Waals surface area (Å²) in [5, 5.41) is 0. The molecule has 0 saturated heterocycles. The first-order valence-corrected chi connectivity index (χ1v) is 10.8. The molecule has 1 aromatic heterocycles. The minimum Gasteiger partial charge on any atom is -0.201 e. The molecule has 1 aromatic carbocycles. The van der Waals surface area contributed by atoms with Crippen molar-refractivity contribution in [1.29, 1.82) is 0 Å². The fraction of sp³-hybridized carbons (Fsp3) is 0.560. The van der Waals surface area contributed by atoms with Gasteiger partial charge in [0, 0.05) is 17.2 Å². The molecule has 0 fully saturated rings. The van der Waals surface area contributed by atoms with Gasteiger partial charge in [0.2, 0.25) is 0 Å². The summed E-state index contributed by atoms with van der Waals surface area (Å²) in [6.45, 7) is 5.39. The van der Waals surface area contributed by atoms with Crippen LogP contribution >= 0.6 is 0 Å². The van der Waals surface area contributed by atoms with E-state index in [0.29, 0.717) is 0 Å². The number of rotatable bonds is 13. The second kappa shape index (κ2) is 12.7. The Kier molecular flexibility index (Phi) is 10.1. The average Bonchev–Trinajstić information content (AvgIpc) is 2.65. The SMILES string of the molecule is CCCCCCCCCCCCc1ccc(C[n+]2cccc(C)c2)cc1.